The van der Waals surface area contributed by atoms with Crippen molar-refractivity contribution in [3.8, 4) is 35.3 Å². The molecule has 64 heavy (non-hydrogen) atoms. The van der Waals surface area contributed by atoms with Crippen molar-refractivity contribution in [2.24, 2.45) is 0 Å². The summed E-state index contributed by atoms with van der Waals surface area (Å²) in [5.41, 5.74) is 14.3. The quantitative estimate of drug-likeness (QED) is 0.167. The Kier molecular flexibility index (Phi) is 8.21. The SMILES string of the molecule is N#Cc1ccc(-n2c3ccccc3c3cc(N(c4ccc5c(c4)c4ccccc4n5-c4ccc(C#N)cc4)c4ccc5c(c4)c4ccccc4n5-c4ccc(C#N)cc4)ccc32)cc1. The molecule has 0 spiro atoms. The van der Waals surface area contributed by atoms with E-state index in [1.54, 1.807) is 0 Å². The van der Waals surface area contributed by atoms with Crippen molar-refractivity contribution in [1.82, 2.24) is 13.7 Å². The highest BCUT2D eigenvalue weighted by atomic mass is 15.1. The number of benzene rings is 9. The molecule has 3 aromatic heterocycles. The van der Waals surface area contributed by atoms with E-state index < -0.39 is 0 Å². The van der Waals surface area contributed by atoms with Gasteiger partial charge >= 0.3 is 0 Å². The maximum absolute atomic E-state index is 9.55. The minimum Gasteiger partial charge on any atom is -0.310 e. The van der Waals surface area contributed by atoms with Crippen LogP contribution in [-0.4, -0.2) is 13.7 Å². The zero-order chi connectivity index (χ0) is 42.9. The molecule has 7 nitrogen and oxygen atoms in total. The van der Waals surface area contributed by atoms with Crippen LogP contribution >= 0.6 is 0 Å². The predicted molar refractivity (Wildman–Crippen MR) is 258 cm³/mol. The Hall–Kier alpha value is -9.35. The minimum absolute atomic E-state index is 0.622. The highest BCUT2D eigenvalue weighted by molar-refractivity contribution is 6.14. The summed E-state index contributed by atoms with van der Waals surface area (Å²) in [6.45, 7) is 0. The lowest BCUT2D eigenvalue weighted by molar-refractivity contribution is 1.17. The van der Waals surface area contributed by atoms with Crippen LogP contribution in [0, 0.1) is 34.0 Å². The second-order valence-corrected chi connectivity index (χ2v) is 16.0. The Labute approximate surface area is 367 Å². The molecule has 0 radical (unpaired) electrons. The Bertz CT molecular complexity index is 3560. The average Bonchev–Trinajstić information content (AvgIpc) is 3.99. The van der Waals surface area contributed by atoms with E-state index >= 15 is 0 Å². The second-order valence-electron chi connectivity index (χ2n) is 16.0. The molecule has 9 aromatic carbocycles. The molecule has 12 rings (SSSR count). The number of para-hydroxylation sites is 3. The molecule has 0 aliphatic heterocycles. The van der Waals surface area contributed by atoms with Gasteiger partial charge in [-0.2, -0.15) is 15.8 Å². The van der Waals surface area contributed by atoms with E-state index in [1.807, 2.05) is 72.8 Å². The first kappa shape index (κ1) is 36.5. The monoisotopic (exact) mass is 815 g/mol. The standard InChI is InChI=1S/C57H33N7/c58-34-37-13-19-40(20-14-37)62-52-10-4-1-7-46(52)49-31-43(25-28-55(49)62)61(44-26-29-56-50(32-44)47-8-2-5-11-53(47)63(56)41-21-15-38(35-59)16-22-41)45-27-30-57-51(33-45)48-9-3-6-12-54(48)64(57)42-23-17-39(36-60)18-24-42/h1-33H. The Balaban J connectivity index is 1.11. The molecule has 0 aliphatic rings. The third kappa shape index (κ3) is 5.58. The van der Waals surface area contributed by atoms with Crippen molar-refractivity contribution < 1.29 is 0 Å². The van der Waals surface area contributed by atoms with Crippen molar-refractivity contribution in [3.63, 3.8) is 0 Å². The van der Waals surface area contributed by atoms with Crippen LogP contribution in [0.3, 0.4) is 0 Å². The Morgan fingerprint density at radius 1 is 0.281 bits per heavy atom. The maximum Gasteiger partial charge on any atom is 0.0991 e. The van der Waals surface area contributed by atoms with E-state index in [1.165, 1.54) is 0 Å². The maximum atomic E-state index is 9.55. The van der Waals surface area contributed by atoms with Crippen LogP contribution in [0.15, 0.2) is 200 Å². The Morgan fingerprint density at radius 3 is 0.828 bits per heavy atom. The van der Waals surface area contributed by atoms with E-state index in [0.29, 0.717) is 16.7 Å². The second kappa shape index (κ2) is 14.4. The number of hydrogen-bond donors (Lipinski definition) is 0. The molecular weight excluding hydrogens is 783 g/mol. The molecule has 0 amide bonds. The molecule has 0 atom stereocenters. The molecule has 12 aromatic rings. The normalized spacial score (nSPS) is 11.4. The lowest BCUT2D eigenvalue weighted by Gasteiger charge is -2.26. The summed E-state index contributed by atoms with van der Waals surface area (Å²) in [6, 6.07) is 75.7. The topological polar surface area (TPSA) is 89.4 Å². The first-order chi connectivity index (χ1) is 31.6. The van der Waals surface area contributed by atoms with Gasteiger partial charge in [-0.25, -0.2) is 0 Å². The average molecular weight is 816 g/mol. The number of nitrogens with zero attached hydrogens (tertiary/aromatic N) is 7. The first-order valence-electron chi connectivity index (χ1n) is 21.0. The lowest BCUT2D eigenvalue weighted by atomic mass is 10.1. The van der Waals surface area contributed by atoms with Crippen LogP contribution < -0.4 is 4.90 Å². The molecule has 3 heterocycles. The largest absolute Gasteiger partial charge is 0.310 e. The molecule has 296 valence electrons. The van der Waals surface area contributed by atoms with Crippen molar-refractivity contribution in [1.29, 1.82) is 15.8 Å². The van der Waals surface area contributed by atoms with Crippen LogP contribution in [-0.2, 0) is 0 Å². The number of fused-ring (bicyclic) bond motifs is 9. The summed E-state index contributed by atoms with van der Waals surface area (Å²) in [4.78, 5) is 2.35. The number of rotatable bonds is 6. The fourth-order valence-electron chi connectivity index (χ4n) is 9.64. The summed E-state index contributed by atoms with van der Waals surface area (Å²) in [7, 11) is 0. The number of nitriles is 3. The third-order valence-electron chi connectivity index (χ3n) is 12.5. The summed E-state index contributed by atoms with van der Waals surface area (Å²) in [5.74, 6) is 0. The van der Waals surface area contributed by atoms with Gasteiger partial charge in [-0.1, -0.05) is 54.6 Å². The van der Waals surface area contributed by atoms with E-state index in [2.05, 4.69) is 164 Å². The van der Waals surface area contributed by atoms with Crippen LogP contribution in [0.25, 0.3) is 82.5 Å². The van der Waals surface area contributed by atoms with Gasteiger partial charge in [0.25, 0.3) is 0 Å². The zero-order valence-corrected chi connectivity index (χ0v) is 34.2. The fraction of sp³-hybridized carbons (Fsp3) is 0. The van der Waals surface area contributed by atoms with Crippen molar-refractivity contribution >= 4 is 82.5 Å². The zero-order valence-electron chi connectivity index (χ0n) is 34.2. The van der Waals surface area contributed by atoms with Crippen LogP contribution in [0.2, 0.25) is 0 Å². The van der Waals surface area contributed by atoms with Crippen molar-refractivity contribution in [3.05, 3.63) is 217 Å². The molecule has 7 heteroatoms. The van der Waals surface area contributed by atoms with Gasteiger partial charge in [-0.15, -0.1) is 0 Å². The molecule has 0 fully saturated rings. The van der Waals surface area contributed by atoms with Gasteiger partial charge in [0.05, 0.1) is 68.0 Å². The van der Waals surface area contributed by atoms with E-state index in [-0.39, 0.29) is 0 Å². The molecule has 0 aliphatic carbocycles. The fourth-order valence-corrected chi connectivity index (χ4v) is 9.64. The molecular formula is C57H33N7. The van der Waals surface area contributed by atoms with Crippen molar-refractivity contribution in [2.75, 3.05) is 4.90 Å². The summed E-state index contributed by atoms with van der Waals surface area (Å²) >= 11 is 0. The summed E-state index contributed by atoms with van der Waals surface area (Å²) in [6.07, 6.45) is 0. The van der Waals surface area contributed by atoms with Gasteiger partial charge in [0, 0.05) is 66.4 Å². The third-order valence-corrected chi connectivity index (χ3v) is 12.5. The molecule has 0 bridgehead atoms. The van der Waals surface area contributed by atoms with Crippen LogP contribution in [0.1, 0.15) is 16.7 Å². The van der Waals surface area contributed by atoms with Gasteiger partial charge in [-0.3, -0.25) is 0 Å². The van der Waals surface area contributed by atoms with Gasteiger partial charge in [0.15, 0.2) is 0 Å². The van der Waals surface area contributed by atoms with Crippen LogP contribution in [0.4, 0.5) is 17.1 Å². The van der Waals surface area contributed by atoms with Crippen LogP contribution in [0.5, 0.6) is 0 Å². The highest BCUT2D eigenvalue weighted by Crippen LogP contribution is 2.44. The molecule has 0 N–H and O–H groups in total. The van der Waals surface area contributed by atoms with Gasteiger partial charge in [-0.05, 0) is 146 Å². The van der Waals surface area contributed by atoms with E-state index in [9.17, 15) is 15.8 Å². The Morgan fingerprint density at radius 2 is 0.547 bits per heavy atom. The lowest BCUT2D eigenvalue weighted by Crippen LogP contribution is -2.10. The number of aromatic nitrogens is 3. The molecule has 0 saturated heterocycles. The first-order valence-corrected chi connectivity index (χ1v) is 21.0. The minimum atomic E-state index is 0.622. The van der Waals surface area contributed by atoms with E-state index in [4.69, 9.17) is 0 Å². The predicted octanol–water partition coefficient (Wildman–Crippen LogP) is 14.1. The number of hydrogen-bond acceptors (Lipinski definition) is 4. The smallest absolute Gasteiger partial charge is 0.0991 e. The van der Waals surface area contributed by atoms with Gasteiger partial charge < -0.3 is 18.6 Å². The van der Waals surface area contributed by atoms with Crippen molar-refractivity contribution in [2.45, 2.75) is 0 Å². The number of anilines is 3. The molecule has 0 saturated carbocycles. The van der Waals surface area contributed by atoms with Gasteiger partial charge in [0.1, 0.15) is 0 Å². The summed E-state index contributed by atoms with van der Waals surface area (Å²) in [5, 5.41) is 35.4. The van der Waals surface area contributed by atoms with E-state index in [0.717, 1.165) is 99.5 Å². The molecule has 0 unspecified atom stereocenters. The summed E-state index contributed by atoms with van der Waals surface area (Å²) < 4.78 is 6.82. The highest BCUT2D eigenvalue weighted by Gasteiger charge is 2.22. The van der Waals surface area contributed by atoms with Gasteiger partial charge in [0.2, 0.25) is 0 Å².